The molecule has 0 aliphatic rings. The highest BCUT2D eigenvalue weighted by molar-refractivity contribution is 7.82. The summed E-state index contributed by atoms with van der Waals surface area (Å²) >= 11 is 0. The maximum absolute atomic E-state index is 2.35. The number of benzene rings is 1. The van der Waals surface area contributed by atoms with Gasteiger partial charge in [-0.25, -0.2) is 0 Å². The summed E-state index contributed by atoms with van der Waals surface area (Å²) in [7, 11) is -0.811. The van der Waals surface area contributed by atoms with Crippen LogP contribution in [0.3, 0.4) is 0 Å². The summed E-state index contributed by atoms with van der Waals surface area (Å²) in [5.74, 6) is 0. The van der Waals surface area contributed by atoms with Crippen molar-refractivity contribution in [2.75, 3.05) is 18.5 Å². The third-order valence-corrected chi connectivity index (χ3v) is 8.42. The second-order valence-electron chi connectivity index (χ2n) is 3.93. The summed E-state index contributed by atoms with van der Waals surface area (Å²) < 4.78 is 0. The molecule has 0 N–H and O–H groups in total. The van der Waals surface area contributed by atoms with E-state index in [1.165, 1.54) is 24.0 Å². The predicted molar refractivity (Wildman–Crippen MR) is 69.4 cm³/mol. The van der Waals surface area contributed by atoms with Gasteiger partial charge in [0.05, 0.1) is 23.8 Å². The van der Waals surface area contributed by atoms with Crippen molar-refractivity contribution in [3.8, 4) is 0 Å². The average molecular weight is 336 g/mol. The minimum Gasteiger partial charge on any atom is -1.00 e. The number of halogens is 1. The zero-order valence-corrected chi connectivity index (χ0v) is 13.3. The van der Waals surface area contributed by atoms with Crippen molar-refractivity contribution in [3.63, 3.8) is 0 Å². The van der Waals surface area contributed by atoms with Gasteiger partial charge in [0.1, 0.15) is 0 Å². The van der Waals surface area contributed by atoms with Crippen LogP contribution in [0.5, 0.6) is 0 Å². The minimum atomic E-state index is -0.811. The van der Waals surface area contributed by atoms with Crippen LogP contribution in [0.25, 0.3) is 0 Å². The number of rotatable bonds is 4. The quantitative estimate of drug-likeness (QED) is 0.561. The molecule has 0 unspecified atom stereocenters. The molecule has 0 saturated carbocycles. The molecular formula is C13H22IP. The van der Waals surface area contributed by atoms with Gasteiger partial charge in [-0.2, -0.15) is 0 Å². The molecule has 0 atom stereocenters. The van der Waals surface area contributed by atoms with E-state index >= 15 is 0 Å². The highest BCUT2D eigenvalue weighted by atomic mass is 127. The zero-order chi connectivity index (χ0) is 10.6. The molecule has 0 aliphatic carbocycles. The zero-order valence-electron chi connectivity index (χ0n) is 10.3. The number of hydrogen-bond acceptors (Lipinski definition) is 0. The first kappa shape index (κ1) is 15.4. The summed E-state index contributed by atoms with van der Waals surface area (Å²) in [6, 6.07) is 9.20. The highest BCUT2D eigenvalue weighted by Crippen LogP contribution is 2.56. The van der Waals surface area contributed by atoms with E-state index in [0.29, 0.717) is 0 Å². The Morgan fingerprint density at radius 3 is 1.60 bits per heavy atom. The summed E-state index contributed by atoms with van der Waals surface area (Å²) in [4.78, 5) is 0. The van der Waals surface area contributed by atoms with Crippen LogP contribution in [-0.4, -0.2) is 18.5 Å². The number of hydrogen-bond donors (Lipinski definition) is 0. The van der Waals surface area contributed by atoms with Gasteiger partial charge < -0.3 is 24.0 Å². The summed E-state index contributed by atoms with van der Waals surface area (Å²) in [5, 5.41) is 1.62. The van der Waals surface area contributed by atoms with Crippen molar-refractivity contribution in [3.05, 3.63) is 29.8 Å². The third kappa shape index (κ3) is 3.42. The molecule has 1 rings (SSSR count). The van der Waals surface area contributed by atoms with E-state index in [4.69, 9.17) is 0 Å². The van der Waals surface area contributed by atoms with Crippen molar-refractivity contribution in [2.24, 2.45) is 0 Å². The van der Waals surface area contributed by atoms with Crippen LogP contribution in [0, 0.1) is 6.92 Å². The Labute approximate surface area is 112 Å². The molecule has 0 aromatic heterocycles. The first-order chi connectivity index (χ1) is 6.68. The maximum atomic E-state index is 2.35. The Balaban J connectivity index is 0.00000196. The molecule has 86 valence electrons. The Morgan fingerprint density at radius 2 is 1.27 bits per heavy atom. The molecule has 1 aromatic carbocycles. The summed E-state index contributed by atoms with van der Waals surface area (Å²) in [6.45, 7) is 9.20. The molecule has 0 aliphatic heterocycles. The van der Waals surface area contributed by atoms with Crippen LogP contribution in [-0.2, 0) is 0 Å². The Kier molecular flexibility index (Phi) is 7.03. The van der Waals surface area contributed by atoms with Crippen LogP contribution in [0.15, 0.2) is 24.3 Å². The lowest BCUT2D eigenvalue weighted by Gasteiger charge is -2.23. The van der Waals surface area contributed by atoms with Gasteiger partial charge >= 0.3 is 0 Å². The second kappa shape index (κ2) is 6.85. The van der Waals surface area contributed by atoms with E-state index in [1.54, 1.807) is 5.30 Å². The van der Waals surface area contributed by atoms with E-state index in [1.807, 2.05) is 0 Å². The van der Waals surface area contributed by atoms with Crippen molar-refractivity contribution in [1.29, 1.82) is 0 Å². The van der Waals surface area contributed by atoms with Crippen LogP contribution in [0.1, 0.15) is 26.3 Å². The van der Waals surface area contributed by atoms with E-state index in [2.05, 4.69) is 52.0 Å². The van der Waals surface area contributed by atoms with Crippen LogP contribution in [0.2, 0.25) is 0 Å². The molecule has 0 nitrogen and oxygen atoms in total. The number of aryl methyl sites for hydroxylation is 1. The van der Waals surface area contributed by atoms with E-state index < -0.39 is 7.26 Å². The van der Waals surface area contributed by atoms with Crippen LogP contribution >= 0.6 is 7.26 Å². The van der Waals surface area contributed by atoms with Gasteiger partial charge in [0.15, 0.2) is 0 Å². The molecular weight excluding hydrogens is 314 g/mol. The summed E-state index contributed by atoms with van der Waals surface area (Å²) in [5.41, 5.74) is 1.37. The average Bonchev–Trinajstić information content (AvgIpc) is 2.24. The van der Waals surface area contributed by atoms with Gasteiger partial charge in [-0.15, -0.1) is 0 Å². The van der Waals surface area contributed by atoms with Gasteiger partial charge in [0, 0.05) is 7.26 Å². The molecule has 0 radical (unpaired) electrons. The molecule has 0 amide bonds. The fraction of sp³-hybridized carbons (Fsp3) is 0.538. The van der Waals surface area contributed by atoms with Crippen LogP contribution in [0.4, 0.5) is 0 Å². The maximum Gasteiger partial charge on any atom is 0.0939 e. The summed E-state index contributed by atoms with van der Waals surface area (Å²) in [6.07, 6.45) is 4.05. The predicted octanol–water partition coefficient (Wildman–Crippen LogP) is 0.702. The lowest BCUT2D eigenvalue weighted by Crippen LogP contribution is -3.00. The molecule has 1 aromatic rings. The first-order valence-corrected chi connectivity index (χ1v) is 7.96. The largest absolute Gasteiger partial charge is 1.00 e. The van der Waals surface area contributed by atoms with Crippen molar-refractivity contribution in [1.82, 2.24) is 0 Å². The van der Waals surface area contributed by atoms with Gasteiger partial charge in [-0.1, -0.05) is 17.7 Å². The Bertz CT molecular complexity index is 267. The molecule has 0 fully saturated rings. The SMILES string of the molecule is CC[P+](CC)(CC)c1ccc(C)cc1.[I-]. The molecule has 0 bridgehead atoms. The second-order valence-corrected chi connectivity index (χ2v) is 8.63. The molecule has 2 heteroatoms. The van der Waals surface area contributed by atoms with Gasteiger partial charge in [0.2, 0.25) is 0 Å². The van der Waals surface area contributed by atoms with Crippen LogP contribution < -0.4 is 29.3 Å². The van der Waals surface area contributed by atoms with Crippen molar-refractivity contribution >= 4 is 12.6 Å². The van der Waals surface area contributed by atoms with E-state index in [9.17, 15) is 0 Å². The van der Waals surface area contributed by atoms with Gasteiger partial charge in [0.25, 0.3) is 0 Å². The minimum absolute atomic E-state index is 0. The monoisotopic (exact) mass is 336 g/mol. The highest BCUT2D eigenvalue weighted by Gasteiger charge is 2.33. The molecule has 15 heavy (non-hydrogen) atoms. The third-order valence-electron chi connectivity index (χ3n) is 3.40. The Hall–Kier alpha value is 0.380. The first-order valence-electron chi connectivity index (χ1n) is 5.61. The van der Waals surface area contributed by atoms with Crippen molar-refractivity contribution < 1.29 is 24.0 Å². The van der Waals surface area contributed by atoms with Gasteiger partial charge in [-0.3, -0.25) is 0 Å². The Morgan fingerprint density at radius 1 is 0.867 bits per heavy atom. The lowest BCUT2D eigenvalue weighted by atomic mass is 10.2. The normalized spacial score (nSPS) is 10.9. The molecule has 0 heterocycles. The smallest absolute Gasteiger partial charge is 0.0939 e. The molecule has 0 spiro atoms. The topological polar surface area (TPSA) is 0 Å². The van der Waals surface area contributed by atoms with E-state index in [-0.39, 0.29) is 24.0 Å². The molecule has 0 saturated heterocycles. The lowest BCUT2D eigenvalue weighted by molar-refractivity contribution is -0.00000313. The van der Waals surface area contributed by atoms with Gasteiger partial charge in [-0.05, 0) is 39.8 Å². The fourth-order valence-electron chi connectivity index (χ4n) is 2.08. The van der Waals surface area contributed by atoms with Crippen molar-refractivity contribution in [2.45, 2.75) is 27.7 Å². The fourth-order valence-corrected chi connectivity index (χ4v) is 5.30. The standard InChI is InChI=1S/C13H22P.HI/c1-5-14(6-2,7-3)13-10-8-12(4)9-11-13;/h8-11H,5-7H2,1-4H3;1H/q+1;/p-1. The van der Waals surface area contributed by atoms with E-state index in [0.717, 1.165) is 0 Å².